The van der Waals surface area contributed by atoms with Crippen LogP contribution in [0.1, 0.15) is 27.2 Å². The van der Waals surface area contributed by atoms with E-state index in [0.717, 1.165) is 10.6 Å². The predicted molar refractivity (Wildman–Crippen MR) is 137 cm³/mol. The standard InChI is InChI=1S/C23H28N4O6S.C2H6O/c1-14-24-10-18(34-14)22(31)27-17(12-32-3)21(30)25-11-19(28)26-16(20(29)23(2)13-33-23)9-15-7-5-4-6-8-15;1-3-2/h4-8,10,16-17H,9,11-13H2,1-3H3,(H,25,30)(H,26,28)(H,27,31);1-2H3/t16?,17?,23-;/m1./s1. The second kappa shape index (κ2) is 14.5. The van der Waals surface area contributed by atoms with Gasteiger partial charge in [0.1, 0.15) is 16.5 Å². The molecule has 202 valence electrons. The molecule has 37 heavy (non-hydrogen) atoms. The summed E-state index contributed by atoms with van der Waals surface area (Å²) in [4.78, 5) is 54.8. The number of aromatic nitrogens is 1. The molecule has 1 aliphatic heterocycles. The minimum Gasteiger partial charge on any atom is -0.388 e. The van der Waals surface area contributed by atoms with E-state index in [-0.39, 0.29) is 18.9 Å². The molecule has 3 rings (SSSR count). The lowest BCUT2D eigenvalue weighted by Gasteiger charge is -2.21. The third-order valence-corrected chi connectivity index (χ3v) is 6.17. The first-order valence-corrected chi connectivity index (χ1v) is 12.4. The molecule has 1 aromatic carbocycles. The van der Waals surface area contributed by atoms with Crippen LogP contribution in [0.3, 0.4) is 0 Å². The van der Waals surface area contributed by atoms with Crippen LogP contribution < -0.4 is 16.0 Å². The molecule has 0 aliphatic carbocycles. The van der Waals surface area contributed by atoms with Gasteiger partial charge in [-0.05, 0) is 25.8 Å². The minimum absolute atomic E-state index is 0.0816. The number of hydrogen-bond acceptors (Lipinski definition) is 9. The van der Waals surface area contributed by atoms with Crippen LogP contribution in [-0.2, 0) is 35.0 Å². The molecule has 0 bridgehead atoms. The van der Waals surface area contributed by atoms with Crippen LogP contribution in [0.5, 0.6) is 0 Å². The Morgan fingerprint density at radius 2 is 1.76 bits per heavy atom. The molecular formula is C25H34N4O7S. The number of benzene rings is 1. The van der Waals surface area contributed by atoms with Gasteiger partial charge in [0.2, 0.25) is 11.8 Å². The molecular weight excluding hydrogens is 500 g/mol. The lowest BCUT2D eigenvalue weighted by molar-refractivity contribution is -0.131. The number of ether oxygens (including phenoxy) is 3. The largest absolute Gasteiger partial charge is 0.388 e. The molecule has 1 aromatic heterocycles. The van der Waals surface area contributed by atoms with E-state index in [4.69, 9.17) is 9.47 Å². The second-order valence-electron chi connectivity index (χ2n) is 8.54. The molecule has 0 spiro atoms. The van der Waals surface area contributed by atoms with Gasteiger partial charge in [-0.3, -0.25) is 19.2 Å². The quantitative estimate of drug-likeness (QED) is 0.337. The number of carbonyl (C=O) groups is 4. The number of aryl methyl sites for hydroxylation is 1. The minimum atomic E-state index is -1.01. The number of ketones is 1. The summed E-state index contributed by atoms with van der Waals surface area (Å²) >= 11 is 1.20. The highest BCUT2D eigenvalue weighted by atomic mass is 32.1. The maximum Gasteiger partial charge on any atom is 0.263 e. The number of rotatable bonds is 12. The SMILES string of the molecule is COC.COCC(NC(=O)c1cnc(C)s1)C(=O)NCC(=O)NC(Cc1ccccc1)C(=O)[C@@]1(C)CO1. The number of carbonyl (C=O) groups excluding carboxylic acids is 4. The lowest BCUT2D eigenvalue weighted by Crippen LogP contribution is -2.53. The average molecular weight is 535 g/mol. The van der Waals surface area contributed by atoms with Gasteiger partial charge in [0.05, 0.1) is 37.0 Å². The Hall–Kier alpha value is -3.19. The average Bonchev–Trinajstić information content (AvgIpc) is 3.48. The molecule has 3 N–H and O–H groups in total. The van der Waals surface area contributed by atoms with Gasteiger partial charge in [0.25, 0.3) is 5.91 Å². The van der Waals surface area contributed by atoms with Crippen molar-refractivity contribution in [1.82, 2.24) is 20.9 Å². The maximum atomic E-state index is 12.9. The second-order valence-corrected chi connectivity index (χ2v) is 9.78. The molecule has 3 atom stereocenters. The van der Waals surface area contributed by atoms with Gasteiger partial charge in [-0.2, -0.15) is 0 Å². The van der Waals surface area contributed by atoms with Crippen molar-refractivity contribution in [3.05, 3.63) is 52.0 Å². The first kappa shape index (κ1) is 30.0. The summed E-state index contributed by atoms with van der Waals surface area (Å²) in [6, 6.07) is 7.50. The van der Waals surface area contributed by atoms with Crippen LogP contribution >= 0.6 is 11.3 Å². The van der Waals surface area contributed by atoms with Gasteiger partial charge in [0, 0.05) is 21.3 Å². The summed E-state index contributed by atoms with van der Waals surface area (Å²) in [5.41, 5.74) is -0.0191. The molecule has 12 heteroatoms. The number of nitrogens with zero attached hydrogens (tertiary/aromatic N) is 1. The third-order valence-electron chi connectivity index (χ3n) is 5.26. The number of nitrogens with one attached hydrogen (secondary N) is 3. The fourth-order valence-electron chi connectivity index (χ4n) is 3.26. The smallest absolute Gasteiger partial charge is 0.263 e. The molecule has 1 fully saturated rings. The Bertz CT molecular complexity index is 1060. The zero-order chi connectivity index (χ0) is 27.4. The van der Waals surface area contributed by atoms with E-state index in [1.807, 2.05) is 30.3 Å². The van der Waals surface area contributed by atoms with Gasteiger partial charge in [0.15, 0.2) is 5.78 Å². The molecule has 0 saturated carbocycles. The van der Waals surface area contributed by atoms with Gasteiger partial charge in [-0.15, -0.1) is 11.3 Å². The Morgan fingerprint density at radius 3 is 2.30 bits per heavy atom. The van der Waals surface area contributed by atoms with Gasteiger partial charge in [-0.25, -0.2) is 4.98 Å². The van der Waals surface area contributed by atoms with E-state index >= 15 is 0 Å². The van der Waals surface area contributed by atoms with Crippen molar-refractivity contribution in [2.75, 3.05) is 41.1 Å². The monoisotopic (exact) mass is 534 g/mol. The molecule has 11 nitrogen and oxygen atoms in total. The van der Waals surface area contributed by atoms with Crippen LogP contribution in [0.2, 0.25) is 0 Å². The van der Waals surface area contributed by atoms with Crippen LogP contribution in [0.25, 0.3) is 0 Å². The summed E-state index contributed by atoms with van der Waals surface area (Å²) in [5.74, 6) is -1.80. The van der Waals surface area contributed by atoms with Gasteiger partial charge in [-0.1, -0.05) is 30.3 Å². The van der Waals surface area contributed by atoms with Crippen molar-refractivity contribution in [3.8, 4) is 0 Å². The number of Topliss-reactive ketones (excluding diaryl/α,β-unsaturated/α-hetero) is 1. The zero-order valence-electron chi connectivity index (χ0n) is 21.7. The summed E-state index contributed by atoms with van der Waals surface area (Å²) < 4.78 is 14.5. The normalized spacial score (nSPS) is 17.4. The van der Waals surface area contributed by atoms with Crippen LogP contribution in [0, 0.1) is 6.92 Å². The highest BCUT2D eigenvalue weighted by molar-refractivity contribution is 7.13. The molecule has 2 aromatic rings. The molecule has 1 aliphatic rings. The number of methoxy groups -OCH3 is 2. The van der Waals surface area contributed by atoms with Gasteiger partial charge < -0.3 is 30.2 Å². The highest BCUT2D eigenvalue weighted by Crippen LogP contribution is 2.29. The zero-order valence-corrected chi connectivity index (χ0v) is 22.5. The van der Waals surface area contributed by atoms with Crippen LogP contribution in [0.4, 0.5) is 0 Å². The number of epoxide rings is 1. The first-order chi connectivity index (χ1) is 17.6. The van der Waals surface area contributed by atoms with E-state index in [0.29, 0.717) is 17.9 Å². The van der Waals surface area contributed by atoms with E-state index in [1.54, 1.807) is 28.1 Å². The third kappa shape index (κ3) is 9.65. The number of thiazole rings is 1. The van der Waals surface area contributed by atoms with Crippen LogP contribution in [-0.4, -0.2) is 87.3 Å². The topological polar surface area (TPSA) is 148 Å². The summed E-state index contributed by atoms with van der Waals surface area (Å²) in [7, 11) is 4.65. The molecule has 2 heterocycles. The predicted octanol–water partition coefficient (Wildman–Crippen LogP) is 0.661. The summed E-state index contributed by atoms with van der Waals surface area (Å²) in [6.45, 7) is 3.31. The lowest BCUT2D eigenvalue weighted by atomic mass is 9.95. The number of hydrogen-bond donors (Lipinski definition) is 3. The fourth-order valence-corrected chi connectivity index (χ4v) is 3.94. The van der Waals surface area contributed by atoms with Crippen molar-refractivity contribution >= 4 is 34.8 Å². The highest BCUT2D eigenvalue weighted by Gasteiger charge is 2.50. The van der Waals surface area contributed by atoms with Crippen molar-refractivity contribution in [2.45, 2.75) is 38.0 Å². The van der Waals surface area contributed by atoms with Gasteiger partial charge >= 0.3 is 0 Å². The molecule has 1 saturated heterocycles. The number of amides is 3. The Labute approximate surface area is 220 Å². The maximum absolute atomic E-state index is 12.9. The summed E-state index contributed by atoms with van der Waals surface area (Å²) in [6.07, 6.45) is 1.73. The fraction of sp³-hybridized carbons (Fsp3) is 0.480. The molecule has 2 unspecified atom stereocenters. The van der Waals surface area contributed by atoms with E-state index in [2.05, 4.69) is 25.7 Å². The molecule has 0 radical (unpaired) electrons. The van der Waals surface area contributed by atoms with Crippen molar-refractivity contribution < 1.29 is 33.4 Å². The first-order valence-electron chi connectivity index (χ1n) is 11.5. The van der Waals surface area contributed by atoms with Crippen LogP contribution in [0.15, 0.2) is 36.5 Å². The Balaban J connectivity index is 0.00000153. The molecule has 3 amide bonds. The van der Waals surface area contributed by atoms with E-state index in [1.165, 1.54) is 24.6 Å². The van der Waals surface area contributed by atoms with Crippen molar-refractivity contribution in [2.24, 2.45) is 0 Å². The Morgan fingerprint density at radius 1 is 1.11 bits per heavy atom. The van der Waals surface area contributed by atoms with E-state index < -0.39 is 35.4 Å². The van der Waals surface area contributed by atoms with E-state index in [9.17, 15) is 19.2 Å². The van der Waals surface area contributed by atoms with Crippen molar-refractivity contribution in [3.63, 3.8) is 0 Å². The van der Waals surface area contributed by atoms with Crippen molar-refractivity contribution in [1.29, 1.82) is 0 Å². The Kier molecular flexibility index (Phi) is 11.8. The summed E-state index contributed by atoms with van der Waals surface area (Å²) in [5, 5.41) is 8.50.